The van der Waals surface area contributed by atoms with Crippen molar-refractivity contribution in [1.29, 1.82) is 0 Å². The quantitative estimate of drug-likeness (QED) is 0.776. The highest BCUT2D eigenvalue weighted by molar-refractivity contribution is 9.10. The van der Waals surface area contributed by atoms with E-state index in [0.29, 0.717) is 19.7 Å². The molecule has 1 N–H and O–H groups in total. The number of methoxy groups -OCH3 is 1. The van der Waals surface area contributed by atoms with E-state index in [9.17, 15) is 4.79 Å². The molecule has 0 unspecified atom stereocenters. The van der Waals surface area contributed by atoms with Gasteiger partial charge in [0.25, 0.3) is 0 Å². The first-order valence-corrected chi connectivity index (χ1v) is 6.92. The van der Waals surface area contributed by atoms with Crippen molar-refractivity contribution < 1.29 is 14.6 Å². The maximum atomic E-state index is 10.9. The van der Waals surface area contributed by atoms with Crippen LogP contribution in [-0.2, 0) is 29.5 Å². The van der Waals surface area contributed by atoms with Crippen molar-refractivity contribution in [2.45, 2.75) is 19.9 Å². The Labute approximate surface area is 121 Å². The lowest BCUT2D eigenvalue weighted by molar-refractivity contribution is -0.138. The third-order valence-electron chi connectivity index (χ3n) is 2.85. The van der Waals surface area contributed by atoms with E-state index in [1.165, 1.54) is 0 Å². The topological polar surface area (TPSA) is 67.6 Å². The summed E-state index contributed by atoms with van der Waals surface area (Å²) in [6.07, 6.45) is 0.839. The van der Waals surface area contributed by atoms with Crippen LogP contribution in [0.2, 0.25) is 0 Å². The van der Waals surface area contributed by atoms with E-state index in [2.05, 4.69) is 21.0 Å². The summed E-state index contributed by atoms with van der Waals surface area (Å²) in [6.45, 7) is 3.63. The molecule has 7 heteroatoms. The predicted octanol–water partition coefficient (Wildman–Crippen LogP) is 1.28. The number of ether oxygens (including phenoxy) is 1. The molecule has 0 aliphatic heterocycles. The number of aliphatic carboxylic acids is 1. The standard InChI is InChI=1S/C12H20BrN3O3/c1-4-9-12(13)10(15(2)14-9)7-16(5-6-19-3)8-11(17)18/h4-8H2,1-3H3,(H,17,18). The van der Waals surface area contributed by atoms with Crippen LogP contribution in [0, 0.1) is 0 Å². The number of carboxylic acids is 1. The van der Waals surface area contributed by atoms with E-state index in [-0.39, 0.29) is 6.54 Å². The molecule has 6 nitrogen and oxygen atoms in total. The first kappa shape index (κ1) is 16.1. The van der Waals surface area contributed by atoms with Gasteiger partial charge < -0.3 is 9.84 Å². The highest BCUT2D eigenvalue weighted by atomic mass is 79.9. The summed E-state index contributed by atoms with van der Waals surface area (Å²) in [5.41, 5.74) is 1.97. The monoisotopic (exact) mass is 333 g/mol. The number of aromatic nitrogens is 2. The number of rotatable bonds is 8. The molecule has 0 bridgehead atoms. The molecule has 0 radical (unpaired) electrons. The van der Waals surface area contributed by atoms with Gasteiger partial charge in [0.1, 0.15) is 0 Å². The van der Waals surface area contributed by atoms with Crippen LogP contribution in [0.5, 0.6) is 0 Å². The normalized spacial score (nSPS) is 11.2. The van der Waals surface area contributed by atoms with Gasteiger partial charge in [0.15, 0.2) is 0 Å². The van der Waals surface area contributed by atoms with Crippen molar-refractivity contribution in [3.63, 3.8) is 0 Å². The first-order valence-electron chi connectivity index (χ1n) is 6.12. The number of hydrogen-bond acceptors (Lipinski definition) is 4. The van der Waals surface area contributed by atoms with Gasteiger partial charge in [-0.25, -0.2) is 0 Å². The summed E-state index contributed by atoms with van der Waals surface area (Å²) < 4.78 is 7.77. The van der Waals surface area contributed by atoms with Crippen LogP contribution in [0.25, 0.3) is 0 Å². The van der Waals surface area contributed by atoms with Crippen LogP contribution in [-0.4, -0.2) is 52.6 Å². The molecule has 0 saturated heterocycles. The van der Waals surface area contributed by atoms with Crippen LogP contribution in [0.1, 0.15) is 18.3 Å². The van der Waals surface area contributed by atoms with E-state index < -0.39 is 5.97 Å². The Kier molecular flexibility index (Phi) is 6.47. The van der Waals surface area contributed by atoms with Crippen molar-refractivity contribution in [1.82, 2.24) is 14.7 Å². The molecule has 1 heterocycles. The maximum Gasteiger partial charge on any atom is 0.317 e. The van der Waals surface area contributed by atoms with Crippen molar-refractivity contribution in [2.75, 3.05) is 26.8 Å². The highest BCUT2D eigenvalue weighted by Crippen LogP contribution is 2.22. The molecule has 0 aliphatic rings. The number of nitrogens with zero attached hydrogens (tertiary/aromatic N) is 3. The van der Waals surface area contributed by atoms with Crippen LogP contribution >= 0.6 is 15.9 Å². The largest absolute Gasteiger partial charge is 0.480 e. The molecule has 108 valence electrons. The van der Waals surface area contributed by atoms with Crippen molar-refractivity contribution >= 4 is 21.9 Å². The lowest BCUT2D eigenvalue weighted by Crippen LogP contribution is -2.33. The fourth-order valence-electron chi connectivity index (χ4n) is 1.83. The predicted molar refractivity (Wildman–Crippen MR) is 75.1 cm³/mol. The second-order valence-corrected chi connectivity index (χ2v) is 5.07. The van der Waals surface area contributed by atoms with E-state index in [4.69, 9.17) is 9.84 Å². The summed E-state index contributed by atoms with van der Waals surface area (Å²) in [6, 6.07) is 0. The Morgan fingerprint density at radius 1 is 1.58 bits per heavy atom. The molecule has 0 aromatic carbocycles. The number of aryl methyl sites for hydroxylation is 2. The minimum Gasteiger partial charge on any atom is -0.480 e. The molecule has 19 heavy (non-hydrogen) atoms. The average Bonchev–Trinajstić information content (AvgIpc) is 2.62. The molecule has 0 aliphatic carbocycles. The Hall–Kier alpha value is -0.920. The van der Waals surface area contributed by atoms with E-state index >= 15 is 0 Å². The van der Waals surface area contributed by atoms with Gasteiger partial charge in [-0.05, 0) is 22.4 Å². The fourth-order valence-corrected chi connectivity index (χ4v) is 2.57. The second-order valence-electron chi connectivity index (χ2n) is 4.28. The molecular formula is C12H20BrN3O3. The van der Waals surface area contributed by atoms with Crippen LogP contribution in [0.4, 0.5) is 0 Å². The summed E-state index contributed by atoms with van der Waals surface area (Å²) in [5.74, 6) is -0.842. The summed E-state index contributed by atoms with van der Waals surface area (Å²) in [5, 5.41) is 13.3. The molecule has 0 saturated carbocycles. The second kappa shape index (κ2) is 7.62. The van der Waals surface area contributed by atoms with Gasteiger partial charge in [-0.3, -0.25) is 14.4 Å². The minimum absolute atomic E-state index is 0.0115. The Balaban J connectivity index is 2.82. The highest BCUT2D eigenvalue weighted by Gasteiger charge is 2.17. The van der Waals surface area contributed by atoms with Gasteiger partial charge in [0.05, 0.1) is 29.0 Å². The maximum absolute atomic E-state index is 10.9. The molecule has 0 atom stereocenters. The van der Waals surface area contributed by atoms with Gasteiger partial charge >= 0.3 is 5.97 Å². The lowest BCUT2D eigenvalue weighted by Gasteiger charge is -2.20. The van der Waals surface area contributed by atoms with Gasteiger partial charge in [-0.2, -0.15) is 5.10 Å². The fraction of sp³-hybridized carbons (Fsp3) is 0.667. The van der Waals surface area contributed by atoms with Crippen LogP contribution in [0.15, 0.2) is 4.47 Å². The molecule has 1 aromatic rings. The average molecular weight is 334 g/mol. The zero-order chi connectivity index (χ0) is 14.4. The minimum atomic E-state index is -0.842. The van der Waals surface area contributed by atoms with Gasteiger partial charge in [0, 0.05) is 27.2 Å². The number of carbonyl (C=O) groups is 1. The Morgan fingerprint density at radius 3 is 2.74 bits per heavy atom. The number of halogens is 1. The zero-order valence-corrected chi connectivity index (χ0v) is 13.1. The van der Waals surface area contributed by atoms with Gasteiger partial charge in [-0.15, -0.1) is 0 Å². The van der Waals surface area contributed by atoms with Gasteiger partial charge in [0.2, 0.25) is 0 Å². The van der Waals surface area contributed by atoms with Crippen LogP contribution in [0.3, 0.4) is 0 Å². The summed E-state index contributed by atoms with van der Waals surface area (Å²) in [7, 11) is 3.47. The van der Waals surface area contributed by atoms with Crippen molar-refractivity contribution in [2.24, 2.45) is 7.05 Å². The van der Waals surface area contributed by atoms with E-state index in [1.807, 2.05) is 18.9 Å². The molecule has 0 amide bonds. The molecule has 1 rings (SSSR count). The Bertz CT molecular complexity index is 434. The summed E-state index contributed by atoms with van der Waals surface area (Å²) in [4.78, 5) is 12.7. The SMILES string of the molecule is CCc1nn(C)c(CN(CCOC)CC(=O)O)c1Br. The van der Waals surface area contributed by atoms with Crippen molar-refractivity contribution in [3.05, 3.63) is 15.9 Å². The molecule has 0 fully saturated rings. The smallest absolute Gasteiger partial charge is 0.317 e. The first-order chi connectivity index (χ1) is 8.99. The lowest BCUT2D eigenvalue weighted by atomic mass is 10.3. The van der Waals surface area contributed by atoms with E-state index in [0.717, 1.165) is 22.3 Å². The molecule has 0 spiro atoms. The zero-order valence-electron chi connectivity index (χ0n) is 11.5. The number of hydrogen-bond donors (Lipinski definition) is 1. The van der Waals surface area contributed by atoms with Crippen LogP contribution < -0.4 is 0 Å². The summed E-state index contributed by atoms with van der Waals surface area (Å²) >= 11 is 3.54. The number of carboxylic acid groups (broad SMARTS) is 1. The molecule has 1 aromatic heterocycles. The molecular weight excluding hydrogens is 314 g/mol. The Morgan fingerprint density at radius 2 is 2.26 bits per heavy atom. The van der Waals surface area contributed by atoms with E-state index in [1.54, 1.807) is 11.8 Å². The third-order valence-corrected chi connectivity index (χ3v) is 3.76. The van der Waals surface area contributed by atoms with Gasteiger partial charge in [-0.1, -0.05) is 6.92 Å². The third kappa shape index (κ3) is 4.59. The van der Waals surface area contributed by atoms with Crippen molar-refractivity contribution in [3.8, 4) is 0 Å².